The van der Waals surface area contributed by atoms with E-state index in [4.69, 9.17) is 9.47 Å². The monoisotopic (exact) mass is 584 g/mol. The van der Waals surface area contributed by atoms with Gasteiger partial charge >= 0.3 is 5.97 Å². The number of cyclic esters (lactones) is 1. The van der Waals surface area contributed by atoms with Gasteiger partial charge in [0.25, 0.3) is 0 Å². The van der Waals surface area contributed by atoms with E-state index in [1.807, 2.05) is 97.1 Å². The van der Waals surface area contributed by atoms with Crippen LogP contribution in [-0.2, 0) is 32.1 Å². The molecule has 2 amide bonds. The minimum Gasteiger partial charge on any atom is -0.489 e. The van der Waals surface area contributed by atoms with E-state index in [2.05, 4.69) is 10.6 Å². The number of benzene rings is 3. The van der Waals surface area contributed by atoms with Gasteiger partial charge in [-0.3, -0.25) is 14.4 Å². The van der Waals surface area contributed by atoms with Crippen LogP contribution < -0.4 is 15.4 Å². The molecule has 43 heavy (non-hydrogen) atoms. The lowest BCUT2D eigenvalue weighted by Gasteiger charge is -2.23. The van der Waals surface area contributed by atoms with Crippen LogP contribution >= 0.6 is 0 Å². The Bertz CT molecular complexity index is 1330. The van der Waals surface area contributed by atoms with Crippen molar-refractivity contribution in [2.24, 2.45) is 5.92 Å². The van der Waals surface area contributed by atoms with Crippen LogP contribution in [0.3, 0.4) is 0 Å². The highest BCUT2D eigenvalue weighted by Crippen LogP contribution is 2.19. The zero-order chi connectivity index (χ0) is 30.3. The summed E-state index contributed by atoms with van der Waals surface area (Å²) >= 11 is 0. The average Bonchev–Trinajstić information content (AvgIpc) is 3.05. The quantitative estimate of drug-likeness (QED) is 0.233. The summed E-state index contributed by atoms with van der Waals surface area (Å²) < 4.78 is 11.3. The lowest BCUT2D eigenvalue weighted by Crippen LogP contribution is -2.42. The van der Waals surface area contributed by atoms with Crippen LogP contribution in [0.25, 0.3) is 0 Å². The summed E-state index contributed by atoms with van der Waals surface area (Å²) in [7, 11) is 0. The van der Waals surface area contributed by atoms with Gasteiger partial charge in [0.15, 0.2) is 0 Å². The molecule has 0 fully saturated rings. The summed E-state index contributed by atoms with van der Waals surface area (Å²) in [6.07, 6.45) is 6.22. The average molecular weight is 585 g/mol. The van der Waals surface area contributed by atoms with Gasteiger partial charge in [-0.15, -0.1) is 0 Å². The molecule has 226 valence electrons. The first-order chi connectivity index (χ1) is 21.0. The van der Waals surface area contributed by atoms with Crippen molar-refractivity contribution in [2.75, 3.05) is 13.2 Å². The summed E-state index contributed by atoms with van der Waals surface area (Å²) in [5.74, 6) is -0.807. The van der Waals surface area contributed by atoms with E-state index in [1.54, 1.807) is 0 Å². The minimum atomic E-state index is -0.626. The first-order valence-corrected chi connectivity index (χ1v) is 14.8. The molecule has 3 atom stereocenters. The van der Waals surface area contributed by atoms with E-state index >= 15 is 0 Å². The van der Waals surface area contributed by atoms with Crippen LogP contribution in [0.4, 0.5) is 0 Å². The van der Waals surface area contributed by atoms with Crippen molar-refractivity contribution in [1.29, 1.82) is 0 Å². The number of hydrogen-bond acceptors (Lipinski definition) is 6. The van der Waals surface area contributed by atoms with Gasteiger partial charge < -0.3 is 25.2 Å². The van der Waals surface area contributed by atoms with Crippen LogP contribution in [0.15, 0.2) is 97.1 Å². The van der Waals surface area contributed by atoms with Crippen molar-refractivity contribution in [3.63, 3.8) is 0 Å². The third-order valence-corrected chi connectivity index (χ3v) is 7.31. The van der Waals surface area contributed by atoms with Crippen LogP contribution in [0.5, 0.6) is 5.75 Å². The van der Waals surface area contributed by atoms with Gasteiger partial charge in [-0.25, -0.2) is 0 Å². The number of esters is 1. The van der Waals surface area contributed by atoms with Crippen molar-refractivity contribution >= 4 is 17.8 Å². The zero-order valence-corrected chi connectivity index (χ0v) is 24.3. The highest BCUT2D eigenvalue weighted by Gasteiger charge is 2.26. The molecule has 0 saturated carbocycles. The third-order valence-electron chi connectivity index (χ3n) is 7.31. The number of carbonyl (C=O) groups is 3. The molecule has 3 N–H and O–H groups in total. The van der Waals surface area contributed by atoms with Gasteiger partial charge in [0, 0.05) is 12.8 Å². The fourth-order valence-corrected chi connectivity index (χ4v) is 4.89. The van der Waals surface area contributed by atoms with Gasteiger partial charge in [0.1, 0.15) is 19.0 Å². The molecule has 8 heteroatoms. The molecule has 3 aromatic rings. The predicted octanol–water partition coefficient (Wildman–Crippen LogP) is 4.82. The largest absolute Gasteiger partial charge is 0.489 e. The number of amides is 2. The van der Waals surface area contributed by atoms with Crippen LogP contribution in [0, 0.1) is 5.92 Å². The van der Waals surface area contributed by atoms with Crippen LogP contribution in [-0.4, -0.2) is 42.1 Å². The number of nitrogens with one attached hydrogen (secondary N) is 2. The van der Waals surface area contributed by atoms with Crippen molar-refractivity contribution in [2.45, 2.75) is 57.2 Å². The highest BCUT2D eigenvalue weighted by molar-refractivity contribution is 5.86. The normalized spacial score (nSPS) is 18.6. The molecule has 4 rings (SSSR count). The Morgan fingerprint density at radius 3 is 2.40 bits per heavy atom. The molecule has 0 spiro atoms. The van der Waals surface area contributed by atoms with E-state index in [1.165, 1.54) is 0 Å². The standard InChI is InChI=1S/C35H40N2O6/c38-23-30(21-26-17-19-31(20-18-26)42-24-27-11-5-3-6-12-27)36-33(39)22-29-15-7-1-2-10-16-34(40)43-25-32(37-35(29)41)28-13-8-4-9-14-28/h1,3-9,11-14,17-20,29-30,32,38H,2,10,15-16,21-25H2,(H,36,39)(H,37,41)/t29-,30+,32+/m1/s1. The number of ether oxygens (including phenoxy) is 2. The summed E-state index contributed by atoms with van der Waals surface area (Å²) in [5, 5.41) is 15.9. The van der Waals surface area contributed by atoms with Gasteiger partial charge in [-0.1, -0.05) is 84.9 Å². The number of hydrogen-bond donors (Lipinski definition) is 3. The van der Waals surface area contributed by atoms with E-state index in [0.717, 1.165) is 22.4 Å². The second-order valence-corrected chi connectivity index (χ2v) is 10.7. The Kier molecular flexibility index (Phi) is 12.4. The Hall–Kier alpha value is -4.43. The number of aliphatic hydroxyl groups is 1. The molecule has 0 bridgehead atoms. The van der Waals surface area contributed by atoms with Gasteiger partial charge in [-0.2, -0.15) is 0 Å². The molecular formula is C35H40N2O6. The Labute approximate surface area is 253 Å². The van der Waals surface area contributed by atoms with Crippen LogP contribution in [0.2, 0.25) is 0 Å². The van der Waals surface area contributed by atoms with Crippen molar-refractivity contribution in [3.8, 4) is 5.75 Å². The third kappa shape index (κ3) is 10.7. The van der Waals surface area contributed by atoms with Crippen molar-refractivity contribution in [3.05, 3.63) is 114 Å². The SMILES string of the molecule is O=C(C[C@H]1CC=CCCCC(=O)OC[C@@H](c2ccccc2)NC1=O)N[C@H](CO)Cc1ccc(OCc2ccccc2)cc1. The Morgan fingerprint density at radius 2 is 1.67 bits per heavy atom. The molecule has 0 radical (unpaired) electrons. The molecule has 8 nitrogen and oxygen atoms in total. The molecule has 1 aliphatic heterocycles. The second-order valence-electron chi connectivity index (χ2n) is 10.7. The van der Waals surface area contributed by atoms with Crippen molar-refractivity contribution < 1.29 is 29.0 Å². The summed E-state index contributed by atoms with van der Waals surface area (Å²) in [6.45, 7) is 0.247. The fourth-order valence-electron chi connectivity index (χ4n) is 4.89. The van der Waals surface area contributed by atoms with E-state index in [0.29, 0.717) is 38.7 Å². The van der Waals surface area contributed by atoms with Gasteiger partial charge in [0.05, 0.1) is 24.6 Å². The van der Waals surface area contributed by atoms with E-state index in [9.17, 15) is 19.5 Å². The first-order valence-electron chi connectivity index (χ1n) is 14.8. The zero-order valence-electron chi connectivity index (χ0n) is 24.3. The smallest absolute Gasteiger partial charge is 0.305 e. The summed E-state index contributed by atoms with van der Waals surface area (Å²) in [5.41, 5.74) is 2.83. The number of aliphatic hydroxyl groups excluding tert-OH is 1. The molecule has 0 unspecified atom stereocenters. The van der Waals surface area contributed by atoms with Crippen LogP contribution in [0.1, 0.15) is 54.8 Å². The molecular weight excluding hydrogens is 544 g/mol. The molecule has 0 aliphatic carbocycles. The van der Waals surface area contributed by atoms with Crippen molar-refractivity contribution in [1.82, 2.24) is 10.6 Å². The maximum atomic E-state index is 13.4. The molecule has 1 heterocycles. The maximum Gasteiger partial charge on any atom is 0.305 e. The summed E-state index contributed by atoms with van der Waals surface area (Å²) in [4.78, 5) is 38.7. The number of rotatable bonds is 10. The van der Waals surface area contributed by atoms with Gasteiger partial charge in [0.2, 0.25) is 11.8 Å². The summed E-state index contributed by atoms with van der Waals surface area (Å²) in [6, 6.07) is 25.8. The lowest BCUT2D eigenvalue weighted by molar-refractivity contribution is -0.145. The molecule has 1 aliphatic rings. The Morgan fingerprint density at radius 1 is 0.953 bits per heavy atom. The predicted molar refractivity (Wildman–Crippen MR) is 164 cm³/mol. The molecule has 0 saturated heterocycles. The molecule has 3 aromatic carbocycles. The Balaban J connectivity index is 1.35. The van der Waals surface area contributed by atoms with E-state index < -0.39 is 18.0 Å². The second kappa shape index (κ2) is 16.9. The number of carbonyl (C=O) groups excluding carboxylic acids is 3. The minimum absolute atomic E-state index is 0.0175. The number of allylic oxidation sites excluding steroid dienone is 2. The lowest BCUT2D eigenvalue weighted by atomic mass is 9.97. The first kappa shape index (κ1) is 31.5. The molecule has 0 aromatic heterocycles. The maximum absolute atomic E-state index is 13.4. The fraction of sp³-hybridized carbons (Fsp3) is 0.343. The van der Waals surface area contributed by atoms with Gasteiger partial charge in [-0.05, 0) is 54.5 Å². The van der Waals surface area contributed by atoms with E-state index in [-0.39, 0.29) is 37.4 Å². The topological polar surface area (TPSA) is 114 Å². The highest BCUT2D eigenvalue weighted by atomic mass is 16.5.